The van der Waals surface area contributed by atoms with Gasteiger partial charge in [0.25, 0.3) is 5.91 Å². The maximum atomic E-state index is 12.1. The minimum atomic E-state index is -0.153. The molecular weight excluding hydrogens is 314 g/mol. The maximum absolute atomic E-state index is 12.1. The molecule has 0 bridgehead atoms. The minimum Gasteiger partial charge on any atom is -0.491 e. The van der Waals surface area contributed by atoms with Gasteiger partial charge in [-0.15, -0.1) is 0 Å². The summed E-state index contributed by atoms with van der Waals surface area (Å²) in [7, 11) is 0. The Morgan fingerprint density at radius 3 is 2.28 bits per heavy atom. The van der Waals surface area contributed by atoms with Crippen LogP contribution in [0.2, 0.25) is 0 Å². The lowest BCUT2D eigenvalue weighted by molar-refractivity contribution is -0.123. The van der Waals surface area contributed by atoms with Crippen LogP contribution in [0.3, 0.4) is 0 Å². The number of benzene rings is 2. The van der Waals surface area contributed by atoms with Crippen LogP contribution in [-0.2, 0) is 4.79 Å². The number of hydrogen-bond acceptors (Lipinski definition) is 3. The number of para-hydroxylation sites is 2. The van der Waals surface area contributed by atoms with E-state index in [2.05, 4.69) is 19.2 Å². The fourth-order valence-corrected chi connectivity index (χ4v) is 2.52. The monoisotopic (exact) mass is 341 g/mol. The molecule has 4 nitrogen and oxygen atoms in total. The molecule has 1 atom stereocenters. The molecule has 0 saturated heterocycles. The van der Waals surface area contributed by atoms with Gasteiger partial charge in [-0.3, -0.25) is 4.79 Å². The van der Waals surface area contributed by atoms with Crippen LogP contribution in [0, 0.1) is 6.92 Å². The quantitative estimate of drug-likeness (QED) is 0.787. The van der Waals surface area contributed by atoms with Crippen molar-refractivity contribution < 1.29 is 14.3 Å². The van der Waals surface area contributed by atoms with Gasteiger partial charge in [0.05, 0.1) is 6.04 Å². The first-order valence-electron chi connectivity index (χ1n) is 8.67. The second kappa shape index (κ2) is 9.11. The number of aryl methyl sites for hydroxylation is 1. The third-order valence-corrected chi connectivity index (χ3v) is 3.89. The SMILES string of the molecule is Cc1ccccc1OCC(C)NC(=O)COc1ccccc1C(C)C. The summed E-state index contributed by atoms with van der Waals surface area (Å²) in [4.78, 5) is 12.1. The van der Waals surface area contributed by atoms with Crippen LogP contribution < -0.4 is 14.8 Å². The van der Waals surface area contributed by atoms with E-state index in [4.69, 9.17) is 9.47 Å². The van der Waals surface area contributed by atoms with Gasteiger partial charge in [0, 0.05) is 0 Å². The molecule has 2 aromatic carbocycles. The van der Waals surface area contributed by atoms with Gasteiger partial charge < -0.3 is 14.8 Å². The van der Waals surface area contributed by atoms with Crippen molar-refractivity contribution in [3.8, 4) is 11.5 Å². The number of hydrogen-bond donors (Lipinski definition) is 1. The molecule has 0 radical (unpaired) electrons. The normalized spacial score (nSPS) is 11.9. The Morgan fingerprint density at radius 1 is 0.960 bits per heavy atom. The predicted molar refractivity (Wildman–Crippen MR) is 100 cm³/mol. The summed E-state index contributed by atoms with van der Waals surface area (Å²) in [6.45, 7) is 8.54. The number of nitrogens with one attached hydrogen (secondary N) is 1. The Kier molecular flexibility index (Phi) is 6.87. The van der Waals surface area contributed by atoms with Gasteiger partial charge in [0.2, 0.25) is 0 Å². The Balaban J connectivity index is 1.79. The number of carbonyl (C=O) groups is 1. The molecule has 2 rings (SSSR count). The molecule has 0 aliphatic heterocycles. The van der Waals surface area contributed by atoms with Crippen LogP contribution in [0.15, 0.2) is 48.5 Å². The Hall–Kier alpha value is -2.49. The summed E-state index contributed by atoms with van der Waals surface area (Å²) >= 11 is 0. The van der Waals surface area contributed by atoms with Gasteiger partial charge in [0.1, 0.15) is 18.1 Å². The van der Waals surface area contributed by atoms with Crippen LogP contribution in [-0.4, -0.2) is 25.2 Å². The lowest BCUT2D eigenvalue weighted by Crippen LogP contribution is -2.39. The van der Waals surface area contributed by atoms with Crippen molar-refractivity contribution in [1.29, 1.82) is 0 Å². The molecule has 2 aromatic rings. The topological polar surface area (TPSA) is 47.6 Å². The predicted octanol–water partition coefficient (Wildman–Crippen LogP) is 4.08. The highest BCUT2D eigenvalue weighted by Crippen LogP contribution is 2.25. The third-order valence-electron chi connectivity index (χ3n) is 3.89. The van der Waals surface area contributed by atoms with Gasteiger partial charge in [-0.1, -0.05) is 50.2 Å². The molecule has 0 aromatic heterocycles. The highest BCUT2D eigenvalue weighted by Gasteiger charge is 2.12. The largest absolute Gasteiger partial charge is 0.491 e. The van der Waals surface area contributed by atoms with Gasteiger partial charge in [-0.25, -0.2) is 0 Å². The molecule has 0 fully saturated rings. The average Bonchev–Trinajstić information content (AvgIpc) is 2.59. The number of ether oxygens (including phenoxy) is 2. The first-order valence-corrected chi connectivity index (χ1v) is 8.67. The second-order valence-electron chi connectivity index (χ2n) is 6.53. The standard InChI is InChI=1S/C21H27NO3/c1-15(2)18-10-6-8-12-20(18)25-14-21(23)22-17(4)13-24-19-11-7-5-9-16(19)3/h5-12,15,17H,13-14H2,1-4H3,(H,22,23). The second-order valence-corrected chi connectivity index (χ2v) is 6.53. The van der Waals surface area contributed by atoms with E-state index < -0.39 is 0 Å². The summed E-state index contributed by atoms with van der Waals surface area (Å²) in [6.07, 6.45) is 0. The molecule has 0 aliphatic carbocycles. The highest BCUT2D eigenvalue weighted by molar-refractivity contribution is 5.77. The van der Waals surface area contributed by atoms with Crippen LogP contribution in [0.25, 0.3) is 0 Å². The number of carbonyl (C=O) groups excluding carboxylic acids is 1. The molecule has 25 heavy (non-hydrogen) atoms. The van der Waals surface area contributed by atoms with Crippen molar-refractivity contribution in [2.75, 3.05) is 13.2 Å². The molecule has 0 heterocycles. The van der Waals surface area contributed by atoms with Crippen molar-refractivity contribution in [2.45, 2.75) is 39.7 Å². The summed E-state index contributed by atoms with van der Waals surface area (Å²) in [5.74, 6) is 1.79. The smallest absolute Gasteiger partial charge is 0.258 e. The van der Waals surface area contributed by atoms with Gasteiger partial charge >= 0.3 is 0 Å². The van der Waals surface area contributed by atoms with E-state index >= 15 is 0 Å². The van der Waals surface area contributed by atoms with Gasteiger partial charge in [-0.2, -0.15) is 0 Å². The molecular formula is C21H27NO3. The summed E-state index contributed by atoms with van der Waals surface area (Å²) in [5.41, 5.74) is 2.18. The molecule has 1 N–H and O–H groups in total. The number of rotatable bonds is 8. The Bertz CT molecular complexity index is 697. The zero-order chi connectivity index (χ0) is 18.2. The van der Waals surface area contributed by atoms with Crippen molar-refractivity contribution in [3.63, 3.8) is 0 Å². The zero-order valence-corrected chi connectivity index (χ0v) is 15.4. The summed E-state index contributed by atoms with van der Waals surface area (Å²) in [5, 5.41) is 2.90. The van der Waals surface area contributed by atoms with Crippen molar-refractivity contribution in [1.82, 2.24) is 5.32 Å². The summed E-state index contributed by atoms with van der Waals surface area (Å²) < 4.78 is 11.4. The molecule has 4 heteroatoms. The lowest BCUT2D eigenvalue weighted by atomic mass is 10.0. The maximum Gasteiger partial charge on any atom is 0.258 e. The minimum absolute atomic E-state index is 0.00155. The average molecular weight is 341 g/mol. The van der Waals surface area contributed by atoms with E-state index in [0.717, 1.165) is 22.6 Å². The first kappa shape index (κ1) is 18.8. The molecule has 0 spiro atoms. The lowest BCUT2D eigenvalue weighted by Gasteiger charge is -2.17. The van der Waals surface area contributed by atoms with Crippen molar-refractivity contribution in [3.05, 3.63) is 59.7 Å². The van der Waals surface area contributed by atoms with Gasteiger partial charge in [0.15, 0.2) is 6.61 Å². The van der Waals surface area contributed by atoms with E-state index in [1.54, 1.807) is 0 Å². The first-order chi connectivity index (χ1) is 12.0. The summed E-state index contributed by atoms with van der Waals surface area (Å²) in [6, 6.07) is 15.5. The van der Waals surface area contributed by atoms with E-state index in [1.165, 1.54) is 0 Å². The van der Waals surface area contributed by atoms with E-state index in [-0.39, 0.29) is 18.6 Å². The van der Waals surface area contributed by atoms with Gasteiger partial charge in [-0.05, 0) is 43.0 Å². The van der Waals surface area contributed by atoms with Crippen LogP contribution in [0.1, 0.15) is 37.8 Å². The van der Waals surface area contributed by atoms with Crippen LogP contribution in [0.4, 0.5) is 0 Å². The molecule has 0 saturated carbocycles. The van der Waals surface area contributed by atoms with Crippen molar-refractivity contribution in [2.24, 2.45) is 0 Å². The third kappa shape index (κ3) is 5.82. The highest BCUT2D eigenvalue weighted by atomic mass is 16.5. The fourth-order valence-electron chi connectivity index (χ4n) is 2.52. The Morgan fingerprint density at radius 2 is 1.60 bits per heavy atom. The fraction of sp³-hybridized carbons (Fsp3) is 0.381. The number of amides is 1. The zero-order valence-electron chi connectivity index (χ0n) is 15.4. The Labute approximate surface area is 150 Å². The van der Waals surface area contributed by atoms with E-state index in [1.807, 2.05) is 62.4 Å². The molecule has 0 aliphatic rings. The van der Waals surface area contributed by atoms with Crippen LogP contribution in [0.5, 0.6) is 11.5 Å². The van der Waals surface area contributed by atoms with E-state index in [0.29, 0.717) is 12.5 Å². The van der Waals surface area contributed by atoms with Crippen molar-refractivity contribution >= 4 is 5.91 Å². The molecule has 1 unspecified atom stereocenters. The molecule has 134 valence electrons. The van der Waals surface area contributed by atoms with E-state index in [9.17, 15) is 4.79 Å². The molecule has 1 amide bonds. The van der Waals surface area contributed by atoms with Crippen LogP contribution >= 0.6 is 0 Å².